The molecule has 0 atom stereocenters. The summed E-state index contributed by atoms with van der Waals surface area (Å²) in [5, 5.41) is 19.4. The third kappa shape index (κ3) is 5.48. The van der Waals surface area contributed by atoms with Crippen LogP contribution in [-0.4, -0.2) is 28.9 Å². The van der Waals surface area contributed by atoms with Gasteiger partial charge in [-0.2, -0.15) is 0 Å². The van der Waals surface area contributed by atoms with Gasteiger partial charge in [0.1, 0.15) is 11.3 Å². The first-order valence-corrected chi connectivity index (χ1v) is 8.36. The molecule has 0 saturated carbocycles. The van der Waals surface area contributed by atoms with E-state index in [0.717, 1.165) is 29.3 Å². The predicted octanol–water partition coefficient (Wildman–Crippen LogP) is 4.17. The zero-order chi connectivity index (χ0) is 19.7. The van der Waals surface area contributed by atoms with E-state index in [2.05, 4.69) is 11.6 Å². The minimum Gasteiger partial charge on any atom is -0.507 e. The molecule has 5 heteroatoms. The molecule has 0 saturated heterocycles. The second-order valence-electron chi connectivity index (χ2n) is 5.80. The number of nitrogens with two attached hydrogens (primary N) is 1. The van der Waals surface area contributed by atoms with Gasteiger partial charge in [0.25, 0.3) is 0 Å². The number of hydrogen-bond acceptors (Lipinski definition) is 4. The molecule has 26 heavy (non-hydrogen) atoms. The number of aliphatic hydroxyl groups is 1. The van der Waals surface area contributed by atoms with Gasteiger partial charge >= 0.3 is 5.97 Å². The molecular formula is C21H26N2O3. The third-order valence-corrected chi connectivity index (χ3v) is 3.85. The van der Waals surface area contributed by atoms with Gasteiger partial charge in [-0.15, -0.1) is 0 Å². The first kappa shape index (κ1) is 21.0. The molecule has 1 aromatic rings. The van der Waals surface area contributed by atoms with Crippen molar-refractivity contribution in [2.24, 2.45) is 10.7 Å². The number of allylic oxidation sites excluding steroid dienone is 4. The Hall–Kier alpha value is -3.08. The highest BCUT2D eigenvalue weighted by Gasteiger charge is 2.12. The Balaban J connectivity index is 3.39. The van der Waals surface area contributed by atoms with Crippen molar-refractivity contribution < 1.29 is 15.0 Å². The Morgan fingerprint density at radius 3 is 2.50 bits per heavy atom. The SMILES string of the molecule is C=C/C(=C(C)/C(N)=C/C(O)=C(\C=NCCC)C(=O)O)c1ccccc1C. The molecule has 0 aliphatic rings. The normalized spacial score (nSPS) is 14.0. The van der Waals surface area contributed by atoms with E-state index in [9.17, 15) is 15.0 Å². The lowest BCUT2D eigenvalue weighted by molar-refractivity contribution is -0.132. The van der Waals surface area contributed by atoms with Gasteiger partial charge in [0.2, 0.25) is 0 Å². The summed E-state index contributed by atoms with van der Waals surface area (Å²) in [6.07, 6.45) is 4.86. The van der Waals surface area contributed by atoms with Gasteiger partial charge in [0.15, 0.2) is 0 Å². The van der Waals surface area contributed by atoms with Crippen LogP contribution in [0.1, 0.15) is 31.4 Å². The van der Waals surface area contributed by atoms with Crippen molar-refractivity contribution in [2.45, 2.75) is 27.2 Å². The summed E-state index contributed by atoms with van der Waals surface area (Å²) in [4.78, 5) is 15.3. The monoisotopic (exact) mass is 354 g/mol. The van der Waals surface area contributed by atoms with Crippen LogP contribution >= 0.6 is 0 Å². The second-order valence-corrected chi connectivity index (χ2v) is 5.80. The van der Waals surface area contributed by atoms with E-state index in [1.807, 2.05) is 38.1 Å². The number of hydrogen-bond donors (Lipinski definition) is 3. The summed E-state index contributed by atoms with van der Waals surface area (Å²) >= 11 is 0. The van der Waals surface area contributed by atoms with Crippen LogP contribution in [0.5, 0.6) is 0 Å². The summed E-state index contributed by atoms with van der Waals surface area (Å²) in [5.74, 6) is -1.71. The predicted molar refractivity (Wildman–Crippen MR) is 107 cm³/mol. The van der Waals surface area contributed by atoms with Crippen LogP contribution in [0.15, 0.2) is 70.6 Å². The zero-order valence-corrected chi connectivity index (χ0v) is 15.5. The van der Waals surface area contributed by atoms with Gasteiger partial charge in [0, 0.05) is 24.5 Å². The summed E-state index contributed by atoms with van der Waals surface area (Å²) < 4.78 is 0. The zero-order valence-electron chi connectivity index (χ0n) is 15.5. The van der Waals surface area contributed by atoms with Crippen molar-refractivity contribution in [1.82, 2.24) is 0 Å². The standard InChI is InChI=1S/C21H26N2O3/c1-5-11-23-13-18(21(25)26)20(24)12-19(22)15(4)16(6-2)17-10-8-7-9-14(17)3/h6-10,12-13,24H,2,5,11,22H2,1,3-4H3,(H,25,26)/b16-15-,19-12-,20-18-,23-13?. The van der Waals surface area contributed by atoms with E-state index >= 15 is 0 Å². The fourth-order valence-electron chi connectivity index (χ4n) is 2.34. The average Bonchev–Trinajstić information content (AvgIpc) is 2.60. The Kier molecular flexibility index (Phi) is 8.09. The maximum absolute atomic E-state index is 11.3. The van der Waals surface area contributed by atoms with Crippen molar-refractivity contribution in [3.63, 3.8) is 0 Å². The third-order valence-electron chi connectivity index (χ3n) is 3.85. The molecule has 1 rings (SSSR count). The van der Waals surface area contributed by atoms with E-state index in [1.165, 1.54) is 6.08 Å². The van der Waals surface area contributed by atoms with Crippen LogP contribution in [-0.2, 0) is 4.79 Å². The first-order chi connectivity index (χ1) is 12.3. The minimum atomic E-state index is -1.27. The number of aliphatic hydroxyl groups excluding tert-OH is 1. The molecule has 0 spiro atoms. The molecule has 0 amide bonds. The highest BCUT2D eigenvalue weighted by molar-refractivity contribution is 6.09. The fourth-order valence-corrected chi connectivity index (χ4v) is 2.34. The van der Waals surface area contributed by atoms with Gasteiger partial charge in [-0.3, -0.25) is 4.99 Å². The topological polar surface area (TPSA) is 95.9 Å². The Labute approximate surface area is 154 Å². The molecule has 0 aliphatic heterocycles. The van der Waals surface area contributed by atoms with Crippen LogP contribution in [0.25, 0.3) is 5.57 Å². The average molecular weight is 354 g/mol. The number of carbonyl (C=O) groups is 1. The van der Waals surface area contributed by atoms with Crippen LogP contribution in [0, 0.1) is 6.92 Å². The van der Waals surface area contributed by atoms with E-state index in [1.54, 1.807) is 13.0 Å². The minimum absolute atomic E-state index is 0.253. The van der Waals surface area contributed by atoms with Crippen molar-refractivity contribution in [3.05, 3.63) is 76.7 Å². The van der Waals surface area contributed by atoms with Crippen LogP contribution in [0.3, 0.4) is 0 Å². The van der Waals surface area contributed by atoms with Crippen molar-refractivity contribution in [3.8, 4) is 0 Å². The van der Waals surface area contributed by atoms with Gasteiger partial charge < -0.3 is 15.9 Å². The van der Waals surface area contributed by atoms with Crippen LogP contribution in [0.4, 0.5) is 0 Å². The summed E-state index contributed by atoms with van der Waals surface area (Å²) in [6, 6.07) is 7.80. The lowest BCUT2D eigenvalue weighted by Crippen LogP contribution is -2.08. The number of nitrogens with zero attached hydrogens (tertiary/aromatic N) is 1. The lowest BCUT2D eigenvalue weighted by atomic mass is 9.95. The van der Waals surface area contributed by atoms with Crippen molar-refractivity contribution in [2.75, 3.05) is 6.54 Å². The van der Waals surface area contributed by atoms with Gasteiger partial charge in [-0.05, 0) is 42.5 Å². The molecule has 0 fully saturated rings. The Bertz CT molecular complexity index is 799. The molecule has 4 N–H and O–H groups in total. The van der Waals surface area contributed by atoms with Crippen LogP contribution < -0.4 is 5.73 Å². The molecule has 1 aromatic carbocycles. The summed E-state index contributed by atoms with van der Waals surface area (Å²) in [7, 11) is 0. The van der Waals surface area contributed by atoms with Crippen molar-refractivity contribution in [1.29, 1.82) is 0 Å². The van der Waals surface area contributed by atoms with E-state index < -0.39 is 11.7 Å². The summed E-state index contributed by atoms with van der Waals surface area (Å²) in [5.41, 5.74) is 9.60. The number of carboxylic acid groups (broad SMARTS) is 1. The quantitative estimate of drug-likeness (QED) is 0.282. The number of benzene rings is 1. The molecule has 0 bridgehead atoms. The Morgan fingerprint density at radius 1 is 1.31 bits per heavy atom. The van der Waals surface area contributed by atoms with E-state index in [0.29, 0.717) is 12.1 Å². The van der Waals surface area contributed by atoms with Gasteiger partial charge in [-0.1, -0.05) is 43.8 Å². The maximum Gasteiger partial charge on any atom is 0.341 e. The van der Waals surface area contributed by atoms with E-state index in [4.69, 9.17) is 5.73 Å². The smallest absolute Gasteiger partial charge is 0.341 e. The maximum atomic E-state index is 11.3. The first-order valence-electron chi connectivity index (χ1n) is 8.36. The summed E-state index contributed by atoms with van der Waals surface area (Å²) in [6.45, 7) is 10.0. The number of rotatable bonds is 8. The Morgan fingerprint density at radius 2 is 1.96 bits per heavy atom. The molecule has 0 heterocycles. The molecule has 0 aliphatic carbocycles. The fraction of sp³-hybridized carbons (Fsp3) is 0.238. The molecule has 138 valence electrons. The molecular weight excluding hydrogens is 328 g/mol. The molecule has 5 nitrogen and oxygen atoms in total. The molecule has 0 aromatic heterocycles. The van der Waals surface area contributed by atoms with Crippen LogP contribution in [0.2, 0.25) is 0 Å². The number of carboxylic acids is 1. The number of aliphatic imine (C=N–C) groups is 1. The van der Waals surface area contributed by atoms with Crippen molar-refractivity contribution >= 4 is 17.8 Å². The highest BCUT2D eigenvalue weighted by Crippen LogP contribution is 2.25. The van der Waals surface area contributed by atoms with Gasteiger partial charge in [0.05, 0.1) is 0 Å². The number of aryl methyl sites for hydroxylation is 1. The highest BCUT2D eigenvalue weighted by atomic mass is 16.4. The second kappa shape index (κ2) is 10.0. The molecule has 0 radical (unpaired) electrons. The largest absolute Gasteiger partial charge is 0.507 e. The van der Waals surface area contributed by atoms with E-state index in [-0.39, 0.29) is 11.3 Å². The van der Waals surface area contributed by atoms with Gasteiger partial charge in [-0.25, -0.2) is 4.79 Å². The number of aliphatic carboxylic acids is 1. The lowest BCUT2D eigenvalue weighted by Gasteiger charge is -2.12. The molecule has 0 unspecified atom stereocenters.